The molecule has 4 aromatic rings. The molecule has 3 aromatic carbocycles. The second kappa shape index (κ2) is 19.7. The van der Waals surface area contributed by atoms with Gasteiger partial charge in [0.05, 0.1) is 36.4 Å². The van der Waals surface area contributed by atoms with Crippen molar-refractivity contribution >= 4 is 52.4 Å². The van der Waals surface area contributed by atoms with Crippen LogP contribution in [-0.4, -0.2) is 103 Å². The molecule has 366 valence electrons. The van der Waals surface area contributed by atoms with Crippen LogP contribution in [0.4, 0.5) is 11.5 Å². The molecule has 1 amide bonds. The third-order valence-corrected chi connectivity index (χ3v) is 15.8. The van der Waals surface area contributed by atoms with Gasteiger partial charge in [-0.1, -0.05) is 11.8 Å². The number of aromatic carboxylic acids is 1. The predicted octanol–water partition coefficient (Wildman–Crippen LogP) is 1.88. The number of carboxylic acid groups (broad SMARTS) is 1. The van der Waals surface area contributed by atoms with Gasteiger partial charge in [-0.3, -0.25) is 13.9 Å². The van der Waals surface area contributed by atoms with Gasteiger partial charge in [0.1, 0.15) is 42.7 Å². The van der Waals surface area contributed by atoms with Gasteiger partial charge in [0, 0.05) is 71.4 Å². The first-order valence-electron chi connectivity index (χ1n) is 21.7. The van der Waals surface area contributed by atoms with Crippen LogP contribution in [0.2, 0.25) is 0 Å². The number of carboxylic acids is 1. The second-order valence-electron chi connectivity index (χ2n) is 16.4. The van der Waals surface area contributed by atoms with Crippen molar-refractivity contribution in [3.63, 3.8) is 0 Å². The summed E-state index contributed by atoms with van der Waals surface area (Å²) in [5.41, 5.74) is 10.2. The largest absolute Gasteiger partial charge is 0.490 e. The highest BCUT2D eigenvalue weighted by Gasteiger charge is 2.43. The number of aliphatic hydroxyl groups excluding tert-OH is 1. The number of hydrogen-bond donors (Lipinski definition) is 8. The predicted molar refractivity (Wildman–Crippen MR) is 245 cm³/mol. The number of rotatable bonds is 14. The maximum Gasteiger partial charge on any atom is 0.490 e. The fourth-order valence-electron chi connectivity index (χ4n) is 8.88. The number of ether oxygens (including phenoxy) is 2. The van der Waals surface area contributed by atoms with Crippen LogP contribution in [0.25, 0.3) is 5.57 Å². The van der Waals surface area contributed by atoms with E-state index in [4.69, 9.17) is 25.0 Å². The van der Waals surface area contributed by atoms with E-state index in [0.29, 0.717) is 22.6 Å². The van der Waals surface area contributed by atoms with Crippen LogP contribution in [-0.2, 0) is 44.4 Å². The third-order valence-electron chi connectivity index (χ3n) is 12.0. The number of aliphatic hydroxyl groups is 1. The van der Waals surface area contributed by atoms with Gasteiger partial charge in [-0.25, -0.2) is 27.9 Å². The summed E-state index contributed by atoms with van der Waals surface area (Å²) in [6.07, 6.45) is 0.282. The number of phosphoric ester groups is 1. The first kappa shape index (κ1) is 49.8. The van der Waals surface area contributed by atoms with Crippen LogP contribution in [0.5, 0.6) is 11.5 Å². The Bertz CT molecular complexity index is 3180. The quantitative estimate of drug-likeness (QED) is 0.0447. The van der Waals surface area contributed by atoms with Gasteiger partial charge in [0.2, 0.25) is 5.36 Å². The molecule has 0 spiro atoms. The van der Waals surface area contributed by atoms with Gasteiger partial charge in [0.25, 0.3) is 5.91 Å². The molecule has 0 radical (unpaired) electrons. The van der Waals surface area contributed by atoms with Crippen LogP contribution in [0.15, 0.2) is 53.5 Å². The molecule has 2 unspecified atom stereocenters. The van der Waals surface area contributed by atoms with Crippen molar-refractivity contribution in [2.45, 2.75) is 64.4 Å². The maximum absolute atomic E-state index is 13.8. The average molecular weight is 1010 g/mol. The highest BCUT2D eigenvalue weighted by molar-refractivity contribution is 7.66. The number of aryl methyl sites for hydroxylation is 2. The summed E-state index contributed by atoms with van der Waals surface area (Å²) >= 11 is 0. The summed E-state index contributed by atoms with van der Waals surface area (Å²) in [5, 5.41) is 25.6. The number of nitrogen functional groups attached to an aromatic ring is 1. The van der Waals surface area contributed by atoms with Crippen LogP contribution in [0.1, 0.15) is 87.9 Å². The SMILES string of the molecule is CCN1CCCc2cc3c(cc21)Oc1cc2c(cc1=C3c1cc(C(=O)NCC#Cc3cn([C@H]4C[C@H](O)[C@@H](COP(=O)(O)OP(=O)(O)OP(=O)(O)O)O4)c(=O)nc3N)ccc1C(=O)O)CCC[N+]=2CC. The minimum Gasteiger partial charge on any atom is -0.478 e. The number of hydrogen-bond acceptors (Lipinski definition) is 15. The number of aromatic nitrogens is 2. The van der Waals surface area contributed by atoms with Crippen LogP contribution >= 0.6 is 23.5 Å². The minimum absolute atomic E-state index is 0.00786. The van der Waals surface area contributed by atoms with Crippen molar-refractivity contribution in [1.29, 1.82) is 0 Å². The Morgan fingerprint density at radius 3 is 2.48 bits per heavy atom. The summed E-state index contributed by atoms with van der Waals surface area (Å²) in [5.74, 6) is 4.60. The number of nitrogens with one attached hydrogen (secondary N) is 1. The molecule has 5 atom stereocenters. The minimum atomic E-state index is -5.80. The van der Waals surface area contributed by atoms with E-state index in [9.17, 15) is 48.1 Å². The van der Waals surface area contributed by atoms with Crippen LogP contribution in [0.3, 0.4) is 0 Å². The molecule has 4 aliphatic heterocycles. The average Bonchev–Trinajstić information content (AvgIpc) is 3.65. The van der Waals surface area contributed by atoms with E-state index >= 15 is 0 Å². The molecule has 0 aliphatic carbocycles. The molecule has 26 heteroatoms. The number of phosphoric acid groups is 3. The van der Waals surface area contributed by atoms with Crippen molar-refractivity contribution in [1.82, 2.24) is 19.4 Å². The number of benzene rings is 3. The second-order valence-corrected chi connectivity index (χ2v) is 20.8. The Kier molecular flexibility index (Phi) is 14.2. The van der Waals surface area contributed by atoms with Crippen molar-refractivity contribution in [2.24, 2.45) is 0 Å². The van der Waals surface area contributed by atoms with E-state index in [1.54, 1.807) is 6.07 Å². The number of nitrogens with zero attached hydrogens (tertiary/aromatic N) is 4. The standard InChI is InChI=1S/C43H47N6O17P3/c1-3-47-14-6-9-24-16-30-35(19-32(24)47)63-36-20-33-25(10-7-15-48(33)4-2)17-31(36)39(30)29-18-26(11-12-28(29)42(52)53)41(51)45-13-5-8-27-22-49(43(54)46-40(27)44)38-21-34(50)37(64-38)23-62-68(58,59)66-69(60,61)65-67(55,56)57/h11-12,16-20,22,34,37-38,50H,3-4,6-7,9-10,13-15,21,23H2,1-2H3,(H7-,44,45,46,51,52,53,54,55,56,57,58,59,60,61)/p+1/t34-,37+,38+/m0/s1. The molecule has 5 heterocycles. The molecule has 1 saturated heterocycles. The van der Waals surface area contributed by atoms with Crippen molar-refractivity contribution < 1.29 is 75.7 Å². The normalized spacial score (nSPS) is 20.2. The highest BCUT2D eigenvalue weighted by atomic mass is 31.3. The van der Waals surface area contributed by atoms with Gasteiger partial charge in [-0.2, -0.15) is 13.6 Å². The van der Waals surface area contributed by atoms with Crippen LogP contribution in [0, 0.1) is 11.8 Å². The first-order chi connectivity index (χ1) is 32.6. The third kappa shape index (κ3) is 10.9. The monoisotopic (exact) mass is 1010 g/mol. The summed E-state index contributed by atoms with van der Waals surface area (Å²) in [7, 11) is -17.0. The van der Waals surface area contributed by atoms with E-state index < -0.39 is 66.1 Å². The van der Waals surface area contributed by atoms with Crippen LogP contribution < -0.4 is 41.5 Å². The van der Waals surface area contributed by atoms with Gasteiger partial charge in [-0.05, 0) is 74.6 Å². The highest BCUT2D eigenvalue weighted by Crippen LogP contribution is 2.66. The Morgan fingerprint density at radius 2 is 1.75 bits per heavy atom. The molecule has 9 N–H and O–H groups in total. The molecule has 4 aliphatic rings. The Hall–Kier alpha value is -5.56. The molecule has 0 bridgehead atoms. The van der Waals surface area contributed by atoms with Crippen molar-refractivity contribution in [3.8, 4) is 23.3 Å². The van der Waals surface area contributed by atoms with E-state index in [1.807, 2.05) is 12.1 Å². The zero-order valence-electron chi connectivity index (χ0n) is 37.0. The molecule has 0 saturated carbocycles. The maximum atomic E-state index is 13.8. The molecule has 69 heavy (non-hydrogen) atoms. The Morgan fingerprint density at radius 1 is 0.986 bits per heavy atom. The molecule has 1 aromatic heterocycles. The Balaban J connectivity index is 1.04. The number of nitrogens with two attached hydrogens (primary N) is 1. The number of fused-ring (bicyclic) bond motifs is 4. The number of amides is 1. The van der Waals surface area contributed by atoms with E-state index in [0.717, 1.165) is 89.4 Å². The summed E-state index contributed by atoms with van der Waals surface area (Å²) in [6, 6.07) is 12.6. The zero-order chi connectivity index (χ0) is 49.6. The van der Waals surface area contributed by atoms with Gasteiger partial charge in [0.15, 0.2) is 0 Å². The summed E-state index contributed by atoms with van der Waals surface area (Å²) < 4.78 is 62.2. The number of carbonyl (C=O) groups is 2. The van der Waals surface area contributed by atoms with E-state index in [1.165, 1.54) is 18.3 Å². The lowest BCUT2D eigenvalue weighted by Gasteiger charge is -2.32. The van der Waals surface area contributed by atoms with E-state index in [2.05, 4.69) is 70.7 Å². The van der Waals surface area contributed by atoms with Crippen molar-refractivity contribution in [3.05, 3.63) is 109 Å². The molecule has 1 fully saturated rings. The van der Waals surface area contributed by atoms with Gasteiger partial charge in [-0.15, -0.1) is 0 Å². The van der Waals surface area contributed by atoms with Crippen molar-refractivity contribution in [2.75, 3.05) is 50.0 Å². The number of anilines is 2. The lowest BCUT2D eigenvalue weighted by atomic mass is 9.85. The smallest absolute Gasteiger partial charge is 0.478 e. The molecule has 8 rings (SSSR count). The first-order valence-corrected chi connectivity index (χ1v) is 26.2. The molecule has 23 nitrogen and oxygen atoms in total. The lowest BCUT2D eigenvalue weighted by Crippen LogP contribution is -2.39. The number of carbonyl (C=O) groups excluding carboxylic acids is 1. The molecular formula is C43H48N6O17P3+. The zero-order valence-corrected chi connectivity index (χ0v) is 39.7. The topological polar surface area (TPSA) is 332 Å². The summed E-state index contributed by atoms with van der Waals surface area (Å²) in [6.45, 7) is 6.40. The molecular weight excluding hydrogens is 965 g/mol. The van der Waals surface area contributed by atoms with Gasteiger partial charge < -0.3 is 55.2 Å². The van der Waals surface area contributed by atoms with Gasteiger partial charge >= 0.3 is 35.1 Å². The van der Waals surface area contributed by atoms with E-state index in [-0.39, 0.29) is 35.5 Å². The lowest BCUT2D eigenvalue weighted by molar-refractivity contribution is -0.0449. The Labute approximate surface area is 392 Å². The summed E-state index contributed by atoms with van der Waals surface area (Å²) in [4.78, 5) is 82.3. The fourth-order valence-corrected chi connectivity index (χ4v) is 11.9. The fraction of sp³-hybridized carbons (Fsp3) is 0.372.